The van der Waals surface area contributed by atoms with Gasteiger partial charge in [-0.15, -0.1) is 118 Å². The minimum Gasteiger partial charge on any atom is -0.501 e. The van der Waals surface area contributed by atoms with Crippen molar-refractivity contribution in [3.63, 3.8) is 0 Å². The Morgan fingerprint density at radius 1 is 0.240 bits per heavy atom. The van der Waals surface area contributed by atoms with E-state index in [9.17, 15) is 0 Å². The van der Waals surface area contributed by atoms with Gasteiger partial charge in [-0.25, -0.2) is 69.8 Å². The van der Waals surface area contributed by atoms with Gasteiger partial charge in [0.25, 0.3) is 0 Å². The molecular formula is C66H38N22Os4S8-12. The summed E-state index contributed by atoms with van der Waals surface area (Å²) in [6.45, 7) is 0. The van der Waals surface area contributed by atoms with Crippen molar-refractivity contribution in [1.29, 1.82) is 0 Å². The largest absolute Gasteiger partial charge is 0.501 e. The van der Waals surface area contributed by atoms with Gasteiger partial charge < -0.3 is 39.2 Å². The van der Waals surface area contributed by atoms with Crippen LogP contribution in [0.4, 0.5) is 91.8 Å². The van der Waals surface area contributed by atoms with Crippen molar-refractivity contribution < 1.29 is 79.2 Å². The van der Waals surface area contributed by atoms with E-state index in [0.717, 1.165) is 131 Å². The maximum atomic E-state index is 4.50. The summed E-state index contributed by atoms with van der Waals surface area (Å²) in [6.07, 6.45) is 24.0. The van der Waals surface area contributed by atoms with Crippen LogP contribution < -0.4 is 39.2 Å². The second-order valence-corrected chi connectivity index (χ2v) is 27.2. The second-order valence-electron chi connectivity index (χ2n) is 20.3. The summed E-state index contributed by atoms with van der Waals surface area (Å²) in [6, 6.07) is 46.2. The number of aromatic nitrogens is 14. The van der Waals surface area contributed by atoms with Crippen LogP contribution in [0.5, 0.6) is 0 Å². The first-order valence-corrected chi connectivity index (χ1v) is 35.8. The molecule has 0 radical (unpaired) electrons. The van der Waals surface area contributed by atoms with Crippen LogP contribution >= 0.6 is 94.1 Å². The first kappa shape index (κ1) is 71.8. The zero-order valence-electron chi connectivity index (χ0n) is 50.5. The number of benzene rings is 4. The average molecular weight is 2160 g/mol. The van der Waals surface area contributed by atoms with E-state index in [1.54, 1.807) is 144 Å². The number of nitrogens with zero attached hydrogens (tertiary/aromatic N) is 22. The maximum absolute atomic E-state index is 4.50. The Hall–Kier alpha value is -6.59. The molecule has 20 rings (SSSR count). The second kappa shape index (κ2) is 32.8. The monoisotopic (exact) mass is 2160 g/mol. The van der Waals surface area contributed by atoms with Gasteiger partial charge in [0.1, 0.15) is 70.3 Å². The van der Waals surface area contributed by atoms with E-state index in [0.29, 0.717) is 0 Å². The Kier molecular flexibility index (Phi) is 23.6. The van der Waals surface area contributed by atoms with Gasteiger partial charge in [-0.1, -0.05) is 0 Å². The minimum absolute atomic E-state index is 0. The Morgan fingerprint density at radius 3 is 0.910 bits per heavy atom. The molecule has 0 saturated heterocycles. The molecule has 12 aromatic rings. The number of pyridine rings is 2. The number of rotatable bonds is 8. The van der Waals surface area contributed by atoms with E-state index in [1.165, 1.54) is 0 Å². The zero-order valence-corrected chi connectivity index (χ0v) is 67.2. The molecule has 0 saturated carbocycles. The molecule has 22 nitrogen and oxygen atoms in total. The minimum atomic E-state index is 0. The van der Waals surface area contributed by atoms with Crippen LogP contribution in [0.3, 0.4) is 0 Å². The quantitative estimate of drug-likeness (QED) is 0.102. The Morgan fingerprint density at radius 2 is 0.520 bits per heavy atom. The summed E-state index contributed by atoms with van der Waals surface area (Å²) in [4.78, 5) is 80.9. The predicted molar refractivity (Wildman–Crippen MR) is 380 cm³/mol. The summed E-state index contributed by atoms with van der Waals surface area (Å²) >= 11 is 12.8. The molecule has 0 bridgehead atoms. The molecule has 8 aromatic heterocycles. The van der Waals surface area contributed by atoms with Crippen molar-refractivity contribution in [1.82, 2.24) is 69.8 Å². The van der Waals surface area contributed by atoms with Gasteiger partial charge in [0, 0.05) is 148 Å². The van der Waals surface area contributed by atoms with Crippen LogP contribution in [-0.2, 0) is 79.2 Å². The molecule has 0 atom stereocenters. The van der Waals surface area contributed by atoms with E-state index >= 15 is 0 Å². The van der Waals surface area contributed by atoms with E-state index < -0.39 is 0 Å². The fourth-order valence-corrected chi connectivity index (χ4v) is 16.8. The number of hydrogen-bond acceptors (Lipinski definition) is 30. The molecule has 0 N–H and O–H groups in total. The summed E-state index contributed by atoms with van der Waals surface area (Å²) in [7, 11) is 0. The first-order chi connectivity index (χ1) is 47.6. The van der Waals surface area contributed by atoms with Gasteiger partial charge in [-0.3, -0.25) is 94.1 Å². The Balaban J connectivity index is 0.000000118. The zero-order chi connectivity index (χ0) is 63.7. The third-order valence-corrected chi connectivity index (χ3v) is 21.5. The summed E-state index contributed by atoms with van der Waals surface area (Å²) in [5, 5.41) is 3.70. The topological polar surface area (TPSA) is 206 Å². The first-order valence-electron chi connectivity index (χ1n) is 28.8. The average Bonchev–Trinajstić information content (AvgIpc) is 1.62. The van der Waals surface area contributed by atoms with Crippen molar-refractivity contribution in [2.45, 2.75) is 39.7 Å². The van der Waals surface area contributed by atoms with Crippen LogP contribution in [-0.4, -0.2) is 69.8 Å². The summed E-state index contributed by atoms with van der Waals surface area (Å²) in [5.74, 6) is 21.5. The number of anilines is 16. The normalized spacial score (nSPS) is 14.9. The van der Waals surface area contributed by atoms with Crippen molar-refractivity contribution in [2.75, 3.05) is 39.2 Å². The Bertz CT molecular complexity index is 4010. The smallest absolute Gasteiger partial charge is 0.132 e. The number of hydrogen-bond donors (Lipinski definition) is 0. The Labute approximate surface area is 662 Å². The molecule has 0 amide bonds. The molecule has 34 heteroatoms. The van der Waals surface area contributed by atoms with E-state index in [2.05, 4.69) is 138 Å². The van der Waals surface area contributed by atoms with E-state index in [1.807, 2.05) is 177 Å². The fraction of sp³-hybridized carbons (Fsp3) is 0. The van der Waals surface area contributed by atoms with Gasteiger partial charge in [0.15, 0.2) is 0 Å². The molecule has 8 aliphatic rings. The van der Waals surface area contributed by atoms with Crippen LogP contribution in [0.1, 0.15) is 0 Å². The summed E-state index contributed by atoms with van der Waals surface area (Å²) in [5.41, 5.74) is 9.45. The van der Waals surface area contributed by atoms with Gasteiger partial charge in [-0.05, 0) is 24.3 Å². The number of fused-ring (bicyclic) bond motifs is 8. The maximum Gasteiger partial charge on any atom is 0.132 e. The van der Waals surface area contributed by atoms with Gasteiger partial charge >= 0.3 is 0 Å². The molecule has 16 heterocycles. The summed E-state index contributed by atoms with van der Waals surface area (Å²) < 4.78 is 0. The van der Waals surface area contributed by atoms with Crippen LogP contribution in [0.15, 0.2) is 224 Å². The fourth-order valence-electron chi connectivity index (χ4n) is 10.3. The molecule has 504 valence electrons. The van der Waals surface area contributed by atoms with E-state index in [4.69, 9.17) is 0 Å². The molecule has 4 aromatic carbocycles. The van der Waals surface area contributed by atoms with Crippen LogP contribution in [0.2, 0.25) is 0 Å². The van der Waals surface area contributed by atoms with Crippen molar-refractivity contribution in [3.8, 4) is 0 Å². The third kappa shape index (κ3) is 14.7. The molecule has 0 aliphatic carbocycles. The van der Waals surface area contributed by atoms with Crippen LogP contribution in [0.25, 0.3) is 0 Å². The molecule has 100 heavy (non-hydrogen) atoms. The molecular weight excluding hydrogens is 2120 g/mol. The molecule has 0 fully saturated rings. The van der Waals surface area contributed by atoms with Crippen molar-refractivity contribution in [2.24, 2.45) is 0 Å². The molecule has 0 spiro atoms. The van der Waals surface area contributed by atoms with Gasteiger partial charge in [0.05, 0.1) is 33.8 Å². The predicted octanol–water partition coefficient (Wildman–Crippen LogP) is 16.4. The van der Waals surface area contributed by atoms with E-state index in [-0.39, 0.29) is 79.2 Å². The SMILES string of the molecule is [Os].[Os].[Os].[Os].[c-]1c(N2[CH-]Sc3cccnc32)cccc1N1[CH-]Sc2cccnc21.[c-]1c(N2[CH-]Sc3cncnc32)cccc1N1[CH-]Sc2cncnc21.[c-]1c(N2[CH-]Sc3nccnc32)cccc1N1[CH-]Sc2nccnc21.[c-]1c(N2[CH-]Sc3ncncc32)cccc1N1[CH-]Sc2ncncc21. The van der Waals surface area contributed by atoms with Crippen molar-refractivity contribution >= 4 is 186 Å². The van der Waals surface area contributed by atoms with Crippen molar-refractivity contribution in [3.05, 3.63) is 256 Å². The molecule has 0 unspecified atom stereocenters. The van der Waals surface area contributed by atoms with Crippen LogP contribution in [0, 0.1) is 71.3 Å². The van der Waals surface area contributed by atoms with Gasteiger partial charge in [0.2, 0.25) is 0 Å². The standard InChI is InChI=1S/C18H11N4S2.3C16H9N6S2.4Os/c1-4-13(21-11-23-15-6-2-8-19-17(15)21)10-14(5-1)22-12-24-16-7-3-9-20-18(16)22;1-2-11(21-9-23-13-5-17-7-19-15(13)21)4-12(3-1)22-10-24-14-6-18-8-20-16(14)22;1-2-11(21-9-23-15-13(21)5-17-7-19-15)4-12(3-1)22-10-24-16-14(22)6-18-8-20-16;1-2-11(21-9-23-15-13(21)17-4-6-19-15)8-12(3-1)22-10-24-16-14(22)18-5-7-20-16;;;;/h1-9,11-12H;2*1-3,5-10H;1-7,9-10H;;;;/q4*-3;;;;. The number of thioether (sulfide) groups is 8. The third-order valence-electron chi connectivity index (χ3n) is 14.7. The van der Waals surface area contributed by atoms with Gasteiger partial charge in [-0.2, -0.15) is 71.3 Å². The molecule has 8 aliphatic heterocycles.